The maximum atomic E-state index is 5.40. The van der Waals surface area contributed by atoms with E-state index in [0.29, 0.717) is 13.1 Å². The van der Waals surface area contributed by atoms with Gasteiger partial charge < -0.3 is 15.4 Å². The summed E-state index contributed by atoms with van der Waals surface area (Å²) in [5, 5.41) is 7.73. The van der Waals surface area contributed by atoms with Crippen LogP contribution in [0, 0.1) is 0 Å². The van der Waals surface area contributed by atoms with Gasteiger partial charge in [-0.05, 0) is 25.5 Å². The second-order valence-electron chi connectivity index (χ2n) is 5.74. The Balaban J connectivity index is 2.01. The van der Waals surface area contributed by atoms with Crippen LogP contribution < -0.4 is 10.6 Å². The number of fused-ring (bicyclic) bond motifs is 1. The van der Waals surface area contributed by atoms with E-state index in [1.54, 1.807) is 14.2 Å². The number of pyridine rings is 1. The number of aliphatic imine (C=N–C) groups is 1. The molecule has 1 heterocycles. The van der Waals surface area contributed by atoms with Gasteiger partial charge in [-0.25, -0.2) is 0 Å². The molecule has 22 heavy (non-hydrogen) atoms. The molecule has 0 spiro atoms. The first-order chi connectivity index (χ1) is 10.6. The van der Waals surface area contributed by atoms with Crippen LogP contribution in [0.1, 0.15) is 19.4 Å². The summed E-state index contributed by atoms with van der Waals surface area (Å²) in [6.07, 6.45) is 1.82. The van der Waals surface area contributed by atoms with Crippen molar-refractivity contribution in [3.63, 3.8) is 0 Å². The van der Waals surface area contributed by atoms with Crippen LogP contribution in [0.4, 0.5) is 0 Å². The van der Waals surface area contributed by atoms with Crippen molar-refractivity contribution in [2.75, 3.05) is 20.7 Å². The van der Waals surface area contributed by atoms with Crippen LogP contribution in [0.5, 0.6) is 0 Å². The molecule has 0 fully saturated rings. The fourth-order valence-electron chi connectivity index (χ4n) is 2.08. The summed E-state index contributed by atoms with van der Waals surface area (Å²) in [4.78, 5) is 8.70. The smallest absolute Gasteiger partial charge is 0.191 e. The summed E-state index contributed by atoms with van der Waals surface area (Å²) in [5.41, 5.74) is 1.93. The lowest BCUT2D eigenvalue weighted by atomic mass is 10.1. The van der Waals surface area contributed by atoms with Crippen molar-refractivity contribution in [1.29, 1.82) is 0 Å². The minimum absolute atomic E-state index is 0.237. The van der Waals surface area contributed by atoms with Crippen molar-refractivity contribution >= 4 is 16.9 Å². The predicted octanol–water partition coefficient (Wildman–Crippen LogP) is 2.32. The molecule has 0 saturated heterocycles. The van der Waals surface area contributed by atoms with E-state index >= 15 is 0 Å². The van der Waals surface area contributed by atoms with E-state index in [9.17, 15) is 0 Å². The summed E-state index contributed by atoms with van der Waals surface area (Å²) in [6.45, 7) is 5.40. The van der Waals surface area contributed by atoms with Gasteiger partial charge >= 0.3 is 0 Å². The molecule has 0 radical (unpaired) electrons. The maximum Gasteiger partial charge on any atom is 0.191 e. The number of guanidine groups is 1. The molecule has 1 aromatic heterocycles. The molecule has 0 atom stereocenters. The third-order valence-electron chi connectivity index (χ3n) is 3.62. The Morgan fingerprint density at radius 2 is 2.00 bits per heavy atom. The van der Waals surface area contributed by atoms with E-state index in [1.807, 2.05) is 32.2 Å². The van der Waals surface area contributed by atoms with Crippen molar-refractivity contribution in [3.05, 3.63) is 42.1 Å². The van der Waals surface area contributed by atoms with Crippen LogP contribution in [-0.4, -0.2) is 37.2 Å². The zero-order chi connectivity index (χ0) is 16.0. The molecule has 0 saturated carbocycles. The number of rotatable bonds is 5. The Morgan fingerprint density at radius 1 is 1.23 bits per heavy atom. The first kappa shape index (κ1) is 16.2. The van der Waals surface area contributed by atoms with Crippen molar-refractivity contribution in [1.82, 2.24) is 15.6 Å². The number of benzene rings is 1. The average molecular weight is 300 g/mol. The molecular weight excluding hydrogens is 276 g/mol. The number of methoxy groups -OCH3 is 1. The van der Waals surface area contributed by atoms with Gasteiger partial charge in [0.2, 0.25) is 0 Å². The van der Waals surface area contributed by atoms with Crippen LogP contribution in [0.15, 0.2) is 41.5 Å². The lowest BCUT2D eigenvalue weighted by Gasteiger charge is -2.24. The molecule has 5 heteroatoms. The number of para-hydroxylation sites is 1. The van der Waals surface area contributed by atoms with Gasteiger partial charge in [-0.2, -0.15) is 0 Å². The summed E-state index contributed by atoms with van der Waals surface area (Å²) in [6, 6.07) is 10.2. The molecule has 1 aromatic carbocycles. The lowest BCUT2D eigenvalue weighted by Crippen LogP contribution is -2.45. The molecule has 0 aliphatic carbocycles. The normalized spacial score (nSPS) is 12.5. The van der Waals surface area contributed by atoms with E-state index in [1.165, 1.54) is 0 Å². The fraction of sp³-hybridized carbons (Fsp3) is 0.412. The third kappa shape index (κ3) is 4.18. The number of nitrogens with one attached hydrogen (secondary N) is 2. The molecule has 0 aliphatic heterocycles. The molecule has 0 amide bonds. The second-order valence-corrected chi connectivity index (χ2v) is 5.74. The zero-order valence-corrected chi connectivity index (χ0v) is 13.7. The summed E-state index contributed by atoms with van der Waals surface area (Å²) >= 11 is 0. The highest BCUT2D eigenvalue weighted by Gasteiger charge is 2.16. The van der Waals surface area contributed by atoms with Crippen LogP contribution in [-0.2, 0) is 11.3 Å². The number of hydrogen-bond donors (Lipinski definition) is 2. The first-order valence-corrected chi connectivity index (χ1v) is 7.38. The molecule has 2 rings (SSSR count). The number of nitrogens with zero attached hydrogens (tertiary/aromatic N) is 2. The van der Waals surface area contributed by atoms with Crippen molar-refractivity contribution in [2.45, 2.75) is 26.0 Å². The van der Waals surface area contributed by atoms with Crippen LogP contribution in [0.3, 0.4) is 0 Å². The van der Waals surface area contributed by atoms with Crippen molar-refractivity contribution in [3.8, 4) is 0 Å². The van der Waals surface area contributed by atoms with Gasteiger partial charge in [0.15, 0.2) is 5.96 Å². The summed E-state index contributed by atoms with van der Waals surface area (Å²) in [7, 11) is 3.47. The van der Waals surface area contributed by atoms with E-state index in [0.717, 1.165) is 22.4 Å². The van der Waals surface area contributed by atoms with Gasteiger partial charge in [0.25, 0.3) is 0 Å². The van der Waals surface area contributed by atoms with Gasteiger partial charge in [0, 0.05) is 38.8 Å². The number of ether oxygens (including phenoxy) is 1. The highest BCUT2D eigenvalue weighted by atomic mass is 16.5. The monoisotopic (exact) mass is 300 g/mol. The first-order valence-electron chi connectivity index (χ1n) is 7.38. The topological polar surface area (TPSA) is 58.5 Å². The fourth-order valence-corrected chi connectivity index (χ4v) is 2.08. The zero-order valence-electron chi connectivity index (χ0n) is 13.7. The number of hydrogen-bond acceptors (Lipinski definition) is 3. The number of aromatic nitrogens is 1. The van der Waals surface area contributed by atoms with E-state index in [4.69, 9.17) is 4.74 Å². The van der Waals surface area contributed by atoms with E-state index in [2.05, 4.69) is 38.8 Å². The van der Waals surface area contributed by atoms with Crippen molar-refractivity contribution < 1.29 is 4.74 Å². The van der Waals surface area contributed by atoms with Crippen LogP contribution in [0.2, 0.25) is 0 Å². The maximum absolute atomic E-state index is 5.40. The molecule has 118 valence electrons. The second kappa shape index (κ2) is 7.22. The minimum Gasteiger partial charge on any atom is -0.377 e. The lowest BCUT2D eigenvalue weighted by molar-refractivity contribution is 0.0268. The Morgan fingerprint density at radius 3 is 2.73 bits per heavy atom. The van der Waals surface area contributed by atoms with Gasteiger partial charge in [-0.1, -0.05) is 24.3 Å². The van der Waals surface area contributed by atoms with Crippen LogP contribution in [0.25, 0.3) is 10.9 Å². The summed E-state index contributed by atoms with van der Waals surface area (Å²) < 4.78 is 5.40. The third-order valence-corrected chi connectivity index (χ3v) is 3.62. The van der Waals surface area contributed by atoms with Gasteiger partial charge in [-0.3, -0.25) is 9.98 Å². The molecule has 0 bridgehead atoms. The average Bonchev–Trinajstić information content (AvgIpc) is 2.55. The Bertz CT molecular complexity index is 647. The molecular formula is C17H24N4O. The van der Waals surface area contributed by atoms with Gasteiger partial charge in [-0.15, -0.1) is 0 Å². The summed E-state index contributed by atoms with van der Waals surface area (Å²) in [5.74, 6) is 0.748. The SMILES string of the molecule is CN=C(NCc1cccc2cccnc12)NCC(C)(C)OC. The predicted molar refractivity (Wildman–Crippen MR) is 91.0 cm³/mol. The molecule has 0 unspecified atom stereocenters. The van der Waals surface area contributed by atoms with Crippen molar-refractivity contribution in [2.24, 2.45) is 4.99 Å². The Labute approximate surface area is 131 Å². The quantitative estimate of drug-likeness (QED) is 0.657. The van der Waals surface area contributed by atoms with Crippen LogP contribution >= 0.6 is 0 Å². The largest absolute Gasteiger partial charge is 0.377 e. The highest BCUT2D eigenvalue weighted by Crippen LogP contribution is 2.15. The van der Waals surface area contributed by atoms with E-state index < -0.39 is 0 Å². The standard InChI is InChI=1S/C17H24N4O/c1-17(2,22-4)12-21-16(18-3)20-11-14-8-5-7-13-9-6-10-19-15(13)14/h5-10H,11-12H2,1-4H3,(H2,18,20,21). The van der Waals surface area contributed by atoms with E-state index in [-0.39, 0.29) is 5.60 Å². The Kier molecular flexibility index (Phi) is 5.33. The highest BCUT2D eigenvalue weighted by molar-refractivity contribution is 5.83. The Hall–Kier alpha value is -2.14. The minimum atomic E-state index is -0.237. The van der Waals surface area contributed by atoms with Gasteiger partial charge in [0.05, 0.1) is 11.1 Å². The molecule has 2 aromatic rings. The molecule has 5 nitrogen and oxygen atoms in total. The molecule has 2 N–H and O–H groups in total. The molecule has 0 aliphatic rings. The van der Waals surface area contributed by atoms with Gasteiger partial charge in [0.1, 0.15) is 0 Å².